The molecule has 0 spiro atoms. The first-order valence-corrected chi connectivity index (χ1v) is 8.60. The van der Waals surface area contributed by atoms with Crippen molar-refractivity contribution in [2.45, 2.75) is 24.4 Å². The molecule has 0 saturated heterocycles. The first-order valence-electron chi connectivity index (χ1n) is 7.61. The Labute approximate surface area is 139 Å². The Morgan fingerprint density at radius 1 is 1.04 bits per heavy atom. The van der Waals surface area contributed by atoms with Gasteiger partial charge in [-0.05, 0) is 31.2 Å². The smallest absolute Gasteiger partial charge is 0.232 e. The molecule has 0 radical (unpaired) electrons. The van der Waals surface area contributed by atoms with Crippen LogP contribution in [0.25, 0.3) is 0 Å². The van der Waals surface area contributed by atoms with Crippen LogP contribution in [0.4, 0.5) is 11.6 Å². The Kier molecular flexibility index (Phi) is 3.75. The highest BCUT2D eigenvalue weighted by Crippen LogP contribution is 2.32. The summed E-state index contributed by atoms with van der Waals surface area (Å²) in [5.41, 5.74) is 3.49. The van der Waals surface area contributed by atoms with E-state index in [1.165, 1.54) is 11.3 Å². The monoisotopic (exact) mass is 323 g/mol. The van der Waals surface area contributed by atoms with E-state index < -0.39 is 0 Å². The maximum absolute atomic E-state index is 4.39. The van der Waals surface area contributed by atoms with E-state index in [-0.39, 0.29) is 0 Å². The highest BCUT2D eigenvalue weighted by molar-refractivity contribution is 7.98. The lowest BCUT2D eigenvalue weighted by atomic mass is 10.2. The predicted molar refractivity (Wildman–Crippen MR) is 92.0 cm³/mol. The fraction of sp³-hybridized carbons (Fsp3) is 0.235. The number of benzene rings is 1. The maximum atomic E-state index is 4.39. The zero-order valence-corrected chi connectivity index (χ0v) is 13.7. The van der Waals surface area contributed by atoms with Crippen LogP contribution in [0.5, 0.6) is 0 Å². The van der Waals surface area contributed by atoms with Gasteiger partial charge in [-0.25, -0.2) is 0 Å². The van der Waals surface area contributed by atoms with Crippen molar-refractivity contribution in [3.05, 3.63) is 59.9 Å². The van der Waals surface area contributed by atoms with Crippen molar-refractivity contribution in [1.29, 1.82) is 0 Å². The molecule has 1 aliphatic heterocycles. The number of fused-ring (bicyclic) bond motifs is 1. The van der Waals surface area contributed by atoms with E-state index in [2.05, 4.69) is 55.8 Å². The molecule has 6 heteroatoms. The first kappa shape index (κ1) is 14.3. The molecule has 0 amide bonds. The molecule has 0 N–H and O–H groups in total. The summed E-state index contributed by atoms with van der Waals surface area (Å²) in [6.07, 6.45) is 1.82. The minimum atomic E-state index is 0.809. The molecule has 0 atom stereocenters. The summed E-state index contributed by atoms with van der Waals surface area (Å²) in [5, 5.41) is 9.70. The van der Waals surface area contributed by atoms with Gasteiger partial charge in [-0.1, -0.05) is 35.5 Å². The molecular weight excluding hydrogens is 306 g/mol. The first-order chi connectivity index (χ1) is 11.3. The summed E-state index contributed by atoms with van der Waals surface area (Å²) in [4.78, 5) is 6.57. The normalized spacial score (nSPS) is 13.3. The van der Waals surface area contributed by atoms with Gasteiger partial charge >= 0.3 is 0 Å². The standard InChI is InChI=1S/C17H17N5S/c1-13-5-7-15(8-6-13)21-10-11-22-16(21)19-20-17(22)23-12-14-4-2-3-9-18-14/h2-9H,10-12H2,1H3. The second-order valence-electron chi connectivity index (χ2n) is 5.53. The van der Waals surface area contributed by atoms with Crippen molar-refractivity contribution in [3.63, 3.8) is 0 Å². The molecule has 0 aliphatic carbocycles. The third-order valence-electron chi connectivity index (χ3n) is 3.91. The molecule has 1 aromatic carbocycles. The number of hydrogen-bond donors (Lipinski definition) is 0. The van der Waals surface area contributed by atoms with E-state index >= 15 is 0 Å². The van der Waals surface area contributed by atoms with E-state index in [0.717, 1.165) is 35.6 Å². The topological polar surface area (TPSA) is 46.8 Å². The number of hydrogen-bond acceptors (Lipinski definition) is 5. The number of aromatic nitrogens is 4. The summed E-state index contributed by atoms with van der Waals surface area (Å²) in [6.45, 7) is 3.95. The zero-order valence-electron chi connectivity index (χ0n) is 12.9. The molecule has 3 heterocycles. The summed E-state index contributed by atoms with van der Waals surface area (Å²) in [5.74, 6) is 1.74. The summed E-state index contributed by atoms with van der Waals surface area (Å²) < 4.78 is 2.19. The summed E-state index contributed by atoms with van der Waals surface area (Å²) >= 11 is 1.69. The van der Waals surface area contributed by atoms with E-state index in [0.29, 0.717) is 0 Å². The van der Waals surface area contributed by atoms with Gasteiger partial charge < -0.3 is 4.90 Å². The van der Waals surface area contributed by atoms with Gasteiger partial charge in [-0.2, -0.15) is 0 Å². The lowest BCUT2D eigenvalue weighted by molar-refractivity contribution is 0.703. The number of nitrogens with zero attached hydrogens (tertiary/aromatic N) is 5. The van der Waals surface area contributed by atoms with Crippen LogP contribution in [0.15, 0.2) is 53.8 Å². The van der Waals surface area contributed by atoms with Gasteiger partial charge in [0.2, 0.25) is 5.95 Å². The number of thioether (sulfide) groups is 1. The highest BCUT2D eigenvalue weighted by atomic mass is 32.2. The quantitative estimate of drug-likeness (QED) is 0.688. The minimum absolute atomic E-state index is 0.809. The van der Waals surface area contributed by atoms with Crippen LogP contribution in [0.3, 0.4) is 0 Å². The average Bonchev–Trinajstić information content (AvgIpc) is 3.17. The predicted octanol–water partition coefficient (Wildman–Crippen LogP) is 3.43. The van der Waals surface area contributed by atoms with Crippen molar-refractivity contribution < 1.29 is 0 Å². The van der Waals surface area contributed by atoms with Crippen molar-refractivity contribution in [2.24, 2.45) is 0 Å². The lowest BCUT2D eigenvalue weighted by Crippen LogP contribution is -2.14. The summed E-state index contributed by atoms with van der Waals surface area (Å²) in [6, 6.07) is 14.5. The number of pyridine rings is 1. The minimum Gasteiger partial charge on any atom is -0.309 e. The van der Waals surface area contributed by atoms with Crippen LogP contribution in [-0.4, -0.2) is 26.3 Å². The summed E-state index contributed by atoms with van der Waals surface area (Å²) in [7, 11) is 0. The van der Waals surface area contributed by atoms with Crippen LogP contribution >= 0.6 is 11.8 Å². The van der Waals surface area contributed by atoms with E-state index in [9.17, 15) is 0 Å². The zero-order chi connectivity index (χ0) is 15.6. The molecule has 5 nitrogen and oxygen atoms in total. The Hall–Kier alpha value is -2.34. The molecule has 4 rings (SSSR count). The van der Waals surface area contributed by atoms with E-state index in [4.69, 9.17) is 0 Å². The molecule has 0 saturated carbocycles. The second kappa shape index (κ2) is 6.04. The van der Waals surface area contributed by atoms with Gasteiger partial charge in [-0.15, -0.1) is 10.2 Å². The van der Waals surface area contributed by atoms with Gasteiger partial charge in [0.05, 0.1) is 5.69 Å². The largest absolute Gasteiger partial charge is 0.309 e. The SMILES string of the molecule is Cc1ccc(N2CCn3c(SCc4ccccn4)nnc32)cc1. The molecule has 116 valence electrons. The molecular formula is C17H17N5S. The molecule has 0 fully saturated rings. The fourth-order valence-corrected chi connectivity index (χ4v) is 3.55. The van der Waals surface area contributed by atoms with Crippen molar-refractivity contribution in [2.75, 3.05) is 11.4 Å². The van der Waals surface area contributed by atoms with Crippen LogP contribution in [0.2, 0.25) is 0 Å². The van der Waals surface area contributed by atoms with E-state index in [1.807, 2.05) is 24.4 Å². The number of rotatable bonds is 4. The van der Waals surface area contributed by atoms with Gasteiger partial charge in [-0.3, -0.25) is 9.55 Å². The Morgan fingerprint density at radius 2 is 1.91 bits per heavy atom. The fourth-order valence-electron chi connectivity index (χ4n) is 2.67. The Balaban J connectivity index is 1.53. The Bertz CT molecular complexity index is 798. The average molecular weight is 323 g/mol. The number of anilines is 2. The van der Waals surface area contributed by atoms with Crippen molar-refractivity contribution in [1.82, 2.24) is 19.7 Å². The lowest BCUT2D eigenvalue weighted by Gasteiger charge is -2.15. The van der Waals surface area contributed by atoms with Gasteiger partial charge in [0.15, 0.2) is 5.16 Å². The highest BCUT2D eigenvalue weighted by Gasteiger charge is 2.25. The molecule has 1 aliphatic rings. The molecule has 23 heavy (non-hydrogen) atoms. The molecule has 3 aromatic rings. The second-order valence-corrected chi connectivity index (χ2v) is 6.47. The van der Waals surface area contributed by atoms with E-state index in [1.54, 1.807) is 11.8 Å². The molecule has 0 unspecified atom stereocenters. The third kappa shape index (κ3) is 2.82. The third-order valence-corrected chi connectivity index (χ3v) is 4.91. The van der Waals surface area contributed by atoms with Gasteiger partial charge in [0, 0.05) is 30.7 Å². The maximum Gasteiger partial charge on any atom is 0.232 e. The van der Waals surface area contributed by atoms with Crippen LogP contribution in [-0.2, 0) is 12.3 Å². The number of aryl methyl sites for hydroxylation is 1. The van der Waals surface area contributed by atoms with Crippen molar-refractivity contribution in [3.8, 4) is 0 Å². The van der Waals surface area contributed by atoms with Crippen LogP contribution in [0.1, 0.15) is 11.3 Å². The van der Waals surface area contributed by atoms with Crippen LogP contribution in [0, 0.1) is 6.92 Å². The van der Waals surface area contributed by atoms with Gasteiger partial charge in [0.25, 0.3) is 0 Å². The molecule has 2 aromatic heterocycles. The Morgan fingerprint density at radius 3 is 2.70 bits per heavy atom. The molecule has 0 bridgehead atoms. The van der Waals surface area contributed by atoms with Gasteiger partial charge in [0.1, 0.15) is 0 Å². The van der Waals surface area contributed by atoms with Crippen LogP contribution < -0.4 is 4.90 Å². The van der Waals surface area contributed by atoms with Crippen molar-refractivity contribution >= 4 is 23.4 Å².